The molecule has 6 heteroatoms. The fourth-order valence-electron chi connectivity index (χ4n) is 3.67. The number of benzene rings is 1. The van der Waals surface area contributed by atoms with Crippen LogP contribution in [0.3, 0.4) is 0 Å². The predicted octanol–water partition coefficient (Wildman–Crippen LogP) is 2.71. The maximum Gasteiger partial charge on any atom is 0.311 e. The molecule has 0 bridgehead atoms. The average molecular weight is 323 g/mol. The lowest BCUT2D eigenvalue weighted by atomic mass is 9.63. The largest absolute Gasteiger partial charge is 0.481 e. The van der Waals surface area contributed by atoms with Crippen LogP contribution in [0.15, 0.2) is 18.2 Å². The summed E-state index contributed by atoms with van der Waals surface area (Å²) >= 11 is 0. The van der Waals surface area contributed by atoms with E-state index in [1.807, 2.05) is 0 Å². The summed E-state index contributed by atoms with van der Waals surface area (Å²) in [6, 6.07) is 3.61. The Morgan fingerprint density at radius 2 is 1.78 bits per heavy atom. The van der Waals surface area contributed by atoms with Gasteiger partial charge in [-0.05, 0) is 38.3 Å². The molecule has 0 radical (unpaired) electrons. The number of carbonyl (C=O) groups excluding carboxylic acids is 1. The van der Waals surface area contributed by atoms with Crippen LogP contribution in [-0.4, -0.2) is 35.0 Å². The number of carboxylic acid groups (broad SMARTS) is 1. The number of aliphatic carboxylic acids is 1. The molecule has 4 nitrogen and oxygen atoms in total. The van der Waals surface area contributed by atoms with Gasteiger partial charge in [0.2, 0.25) is 5.91 Å². The van der Waals surface area contributed by atoms with Crippen molar-refractivity contribution in [2.45, 2.75) is 38.0 Å². The van der Waals surface area contributed by atoms with Crippen molar-refractivity contribution < 1.29 is 23.5 Å². The van der Waals surface area contributed by atoms with Crippen molar-refractivity contribution in [3.05, 3.63) is 35.4 Å². The first-order chi connectivity index (χ1) is 10.8. The number of hydrogen-bond donors (Lipinski definition) is 1. The van der Waals surface area contributed by atoms with Crippen LogP contribution in [0.1, 0.15) is 38.2 Å². The quantitative estimate of drug-likeness (QED) is 0.930. The molecule has 1 aromatic carbocycles. The topological polar surface area (TPSA) is 57.6 Å². The zero-order valence-electron chi connectivity index (χ0n) is 12.9. The molecule has 1 aromatic rings. The Morgan fingerprint density at radius 1 is 1.17 bits per heavy atom. The van der Waals surface area contributed by atoms with Crippen molar-refractivity contribution in [2.75, 3.05) is 13.1 Å². The first-order valence-electron chi connectivity index (χ1n) is 7.77. The third-order valence-corrected chi connectivity index (χ3v) is 5.33. The molecule has 1 saturated heterocycles. The summed E-state index contributed by atoms with van der Waals surface area (Å²) in [5.74, 6) is -2.72. The number of likely N-dealkylation sites (tertiary alicyclic amines) is 1. The fourth-order valence-corrected chi connectivity index (χ4v) is 3.67. The molecule has 2 fully saturated rings. The second-order valence-electron chi connectivity index (χ2n) is 6.87. The summed E-state index contributed by atoms with van der Waals surface area (Å²) in [7, 11) is 0. The van der Waals surface area contributed by atoms with Crippen LogP contribution in [0.5, 0.6) is 0 Å². The average Bonchev–Trinajstić information content (AvgIpc) is 2.84. The monoisotopic (exact) mass is 323 g/mol. The number of carbonyl (C=O) groups is 2. The summed E-state index contributed by atoms with van der Waals surface area (Å²) in [6.07, 6.45) is 1.86. The number of rotatable bonds is 3. The van der Waals surface area contributed by atoms with Crippen LogP contribution < -0.4 is 0 Å². The van der Waals surface area contributed by atoms with Gasteiger partial charge in [-0.15, -0.1) is 0 Å². The Balaban J connectivity index is 1.93. The summed E-state index contributed by atoms with van der Waals surface area (Å²) in [4.78, 5) is 25.8. The molecule has 0 spiro atoms. The molecule has 1 heterocycles. The third-order valence-electron chi connectivity index (χ3n) is 5.33. The van der Waals surface area contributed by atoms with Gasteiger partial charge in [0.05, 0.1) is 10.8 Å². The molecule has 1 saturated carbocycles. The van der Waals surface area contributed by atoms with Crippen molar-refractivity contribution in [3.63, 3.8) is 0 Å². The lowest BCUT2D eigenvalue weighted by Crippen LogP contribution is -2.52. The van der Waals surface area contributed by atoms with Crippen LogP contribution in [-0.2, 0) is 15.0 Å². The smallest absolute Gasteiger partial charge is 0.311 e. The lowest BCUT2D eigenvalue weighted by molar-refractivity contribution is -0.148. The van der Waals surface area contributed by atoms with E-state index in [0.717, 1.165) is 18.6 Å². The third kappa shape index (κ3) is 2.31. The summed E-state index contributed by atoms with van der Waals surface area (Å²) in [5.41, 5.74) is -2.34. The molecule has 2 aliphatic rings. The van der Waals surface area contributed by atoms with Gasteiger partial charge in [0.25, 0.3) is 0 Å². The Kier molecular flexibility index (Phi) is 3.65. The van der Waals surface area contributed by atoms with Crippen LogP contribution >= 0.6 is 0 Å². The van der Waals surface area contributed by atoms with E-state index < -0.39 is 28.4 Å². The highest BCUT2D eigenvalue weighted by Gasteiger charge is 2.53. The Morgan fingerprint density at radius 3 is 2.22 bits per heavy atom. The van der Waals surface area contributed by atoms with Gasteiger partial charge >= 0.3 is 5.97 Å². The van der Waals surface area contributed by atoms with E-state index in [0.29, 0.717) is 25.8 Å². The van der Waals surface area contributed by atoms with Crippen LogP contribution in [0.4, 0.5) is 8.78 Å². The number of amides is 1. The molecular formula is C17H19F2NO3. The van der Waals surface area contributed by atoms with Gasteiger partial charge in [0.1, 0.15) is 11.6 Å². The maximum absolute atomic E-state index is 14.2. The summed E-state index contributed by atoms with van der Waals surface area (Å²) in [5, 5.41) is 9.29. The number of halogens is 2. The molecule has 1 aliphatic carbocycles. The highest BCUT2D eigenvalue weighted by atomic mass is 19.1. The van der Waals surface area contributed by atoms with Gasteiger partial charge in [0.15, 0.2) is 0 Å². The lowest BCUT2D eigenvalue weighted by Gasteiger charge is -2.43. The van der Waals surface area contributed by atoms with Crippen molar-refractivity contribution >= 4 is 11.9 Å². The SMILES string of the molecule is CC1(C(=O)O)CCN(C(=O)C2(c3c(F)cccc3F)CCC2)C1. The summed E-state index contributed by atoms with van der Waals surface area (Å²) in [6.45, 7) is 1.98. The van der Waals surface area contributed by atoms with Gasteiger partial charge < -0.3 is 10.0 Å². The van der Waals surface area contributed by atoms with Crippen molar-refractivity contribution in [3.8, 4) is 0 Å². The van der Waals surface area contributed by atoms with Crippen LogP contribution in [0, 0.1) is 17.0 Å². The summed E-state index contributed by atoms with van der Waals surface area (Å²) < 4.78 is 28.4. The van der Waals surface area contributed by atoms with E-state index >= 15 is 0 Å². The standard InChI is InChI=1S/C17H19F2NO3/c1-16(15(22)23)8-9-20(10-16)14(21)17(6-3-7-17)13-11(18)4-2-5-12(13)19/h2,4-5H,3,6-10H2,1H3,(H,22,23). The van der Waals surface area contributed by atoms with Crippen molar-refractivity contribution in [1.29, 1.82) is 0 Å². The highest BCUT2D eigenvalue weighted by molar-refractivity contribution is 5.90. The number of carboxylic acids is 1. The predicted molar refractivity (Wildman–Crippen MR) is 78.8 cm³/mol. The Bertz CT molecular complexity index is 652. The second kappa shape index (κ2) is 5.28. The van der Waals surface area contributed by atoms with Gasteiger partial charge in [-0.3, -0.25) is 9.59 Å². The minimum absolute atomic E-state index is 0.0823. The van der Waals surface area contributed by atoms with Gasteiger partial charge in [0, 0.05) is 18.7 Å². The Labute approximate surface area is 133 Å². The zero-order chi connectivity index (χ0) is 16.8. The Hall–Kier alpha value is -1.98. The number of nitrogens with zero attached hydrogens (tertiary/aromatic N) is 1. The van der Waals surface area contributed by atoms with E-state index in [9.17, 15) is 23.5 Å². The van der Waals surface area contributed by atoms with E-state index in [4.69, 9.17) is 0 Å². The van der Waals surface area contributed by atoms with E-state index in [1.165, 1.54) is 11.0 Å². The second-order valence-corrected chi connectivity index (χ2v) is 6.87. The van der Waals surface area contributed by atoms with Crippen molar-refractivity contribution in [1.82, 2.24) is 4.90 Å². The van der Waals surface area contributed by atoms with Crippen LogP contribution in [0.2, 0.25) is 0 Å². The first kappa shape index (κ1) is 15.9. The zero-order valence-corrected chi connectivity index (χ0v) is 12.9. The first-order valence-corrected chi connectivity index (χ1v) is 7.77. The fraction of sp³-hybridized carbons (Fsp3) is 0.529. The minimum atomic E-state index is -1.18. The maximum atomic E-state index is 14.2. The van der Waals surface area contributed by atoms with Crippen LogP contribution in [0.25, 0.3) is 0 Å². The normalized spacial score (nSPS) is 26.0. The highest BCUT2D eigenvalue weighted by Crippen LogP contribution is 2.48. The molecule has 23 heavy (non-hydrogen) atoms. The molecule has 3 rings (SSSR count). The van der Waals surface area contributed by atoms with Gasteiger partial charge in [-0.1, -0.05) is 12.5 Å². The molecule has 1 aliphatic heterocycles. The van der Waals surface area contributed by atoms with E-state index in [-0.39, 0.29) is 18.0 Å². The number of hydrogen-bond acceptors (Lipinski definition) is 2. The van der Waals surface area contributed by atoms with E-state index in [1.54, 1.807) is 6.92 Å². The molecule has 0 aromatic heterocycles. The van der Waals surface area contributed by atoms with Crippen molar-refractivity contribution in [2.24, 2.45) is 5.41 Å². The molecule has 1 unspecified atom stereocenters. The molecule has 1 N–H and O–H groups in total. The molecule has 124 valence electrons. The minimum Gasteiger partial charge on any atom is -0.481 e. The van der Waals surface area contributed by atoms with Gasteiger partial charge in [-0.25, -0.2) is 8.78 Å². The molecular weight excluding hydrogens is 304 g/mol. The molecule has 1 amide bonds. The van der Waals surface area contributed by atoms with E-state index in [2.05, 4.69) is 0 Å². The molecule has 1 atom stereocenters. The van der Waals surface area contributed by atoms with Gasteiger partial charge in [-0.2, -0.15) is 0 Å².